The van der Waals surface area contributed by atoms with Gasteiger partial charge < -0.3 is 24.7 Å². The second-order valence-electron chi connectivity index (χ2n) is 9.05. The molecule has 0 saturated carbocycles. The topological polar surface area (TPSA) is 104 Å². The van der Waals surface area contributed by atoms with Crippen molar-refractivity contribution in [1.29, 1.82) is 5.26 Å². The second kappa shape index (κ2) is 11.5. The van der Waals surface area contributed by atoms with Crippen LogP contribution in [0, 0.1) is 17.2 Å². The Bertz CT molecular complexity index is 1340. The Morgan fingerprint density at radius 2 is 1.84 bits per heavy atom. The van der Waals surface area contributed by atoms with Crippen molar-refractivity contribution in [2.75, 3.05) is 13.2 Å². The highest BCUT2D eigenvalue weighted by Crippen LogP contribution is 2.45. The highest BCUT2D eigenvalue weighted by atomic mass is 16.5. The van der Waals surface area contributed by atoms with Gasteiger partial charge in [0.05, 0.1) is 24.7 Å². The lowest BCUT2D eigenvalue weighted by Crippen LogP contribution is -2.21. The van der Waals surface area contributed by atoms with Crippen LogP contribution in [0.5, 0.6) is 23.0 Å². The van der Waals surface area contributed by atoms with E-state index >= 15 is 0 Å². The molecule has 0 saturated heterocycles. The number of nitrogens with zero attached hydrogens (tertiary/aromatic N) is 1. The third-order valence-corrected chi connectivity index (χ3v) is 5.96. The van der Waals surface area contributed by atoms with Gasteiger partial charge in [-0.1, -0.05) is 44.2 Å². The number of hydrogen-bond acceptors (Lipinski definition) is 7. The molecule has 0 aromatic heterocycles. The summed E-state index contributed by atoms with van der Waals surface area (Å²) in [5.74, 6) is 1.52. The molecule has 3 aromatic rings. The molecule has 1 atom stereocenters. The average Bonchev–Trinajstić information content (AvgIpc) is 2.89. The first-order valence-electron chi connectivity index (χ1n) is 12.3. The van der Waals surface area contributed by atoms with Gasteiger partial charge in [-0.25, -0.2) is 4.79 Å². The summed E-state index contributed by atoms with van der Waals surface area (Å²) in [5, 5.41) is 9.92. The Labute approximate surface area is 217 Å². The van der Waals surface area contributed by atoms with Crippen LogP contribution < -0.4 is 24.7 Å². The van der Waals surface area contributed by atoms with Crippen LogP contribution in [0.3, 0.4) is 0 Å². The first-order valence-corrected chi connectivity index (χ1v) is 12.3. The zero-order chi connectivity index (χ0) is 26.4. The summed E-state index contributed by atoms with van der Waals surface area (Å²) in [5.41, 5.74) is 8.42. The molecule has 0 fully saturated rings. The van der Waals surface area contributed by atoms with Crippen LogP contribution in [0.1, 0.15) is 54.6 Å². The van der Waals surface area contributed by atoms with Crippen molar-refractivity contribution in [1.82, 2.24) is 0 Å². The van der Waals surface area contributed by atoms with E-state index in [9.17, 15) is 10.1 Å². The SMILES string of the molecule is CCOc1cc(C2C(C#N)=C(N)Oc3cc(OC(=O)c4ccccc4)ccc32)ccc1OCCC(C)C. The van der Waals surface area contributed by atoms with Gasteiger partial charge in [0.2, 0.25) is 5.88 Å². The minimum absolute atomic E-state index is 0.00163. The van der Waals surface area contributed by atoms with E-state index in [2.05, 4.69) is 19.9 Å². The molecule has 0 radical (unpaired) electrons. The van der Waals surface area contributed by atoms with Crippen molar-refractivity contribution in [3.05, 3.63) is 94.9 Å². The van der Waals surface area contributed by atoms with Gasteiger partial charge in [-0.2, -0.15) is 5.26 Å². The Morgan fingerprint density at radius 3 is 2.54 bits per heavy atom. The smallest absolute Gasteiger partial charge is 0.343 e. The van der Waals surface area contributed by atoms with Crippen molar-refractivity contribution < 1.29 is 23.7 Å². The lowest BCUT2D eigenvalue weighted by atomic mass is 9.83. The molecule has 4 rings (SSSR count). The summed E-state index contributed by atoms with van der Waals surface area (Å²) in [6.07, 6.45) is 0.926. The number of nitriles is 1. The van der Waals surface area contributed by atoms with E-state index in [1.54, 1.807) is 42.5 Å². The van der Waals surface area contributed by atoms with Crippen molar-refractivity contribution in [2.24, 2.45) is 11.7 Å². The lowest BCUT2D eigenvalue weighted by molar-refractivity contribution is 0.0734. The lowest BCUT2D eigenvalue weighted by Gasteiger charge is -2.27. The van der Waals surface area contributed by atoms with E-state index < -0.39 is 11.9 Å². The Kier molecular flexibility index (Phi) is 7.99. The number of hydrogen-bond donors (Lipinski definition) is 1. The van der Waals surface area contributed by atoms with Crippen molar-refractivity contribution in [2.45, 2.75) is 33.1 Å². The largest absolute Gasteiger partial charge is 0.490 e. The molecule has 1 aliphatic heterocycles. The molecule has 37 heavy (non-hydrogen) atoms. The zero-order valence-corrected chi connectivity index (χ0v) is 21.2. The molecular formula is C30H30N2O5. The number of esters is 1. The number of benzene rings is 3. The molecule has 1 unspecified atom stereocenters. The van der Waals surface area contributed by atoms with E-state index in [0.29, 0.717) is 47.7 Å². The van der Waals surface area contributed by atoms with E-state index in [1.165, 1.54) is 0 Å². The predicted molar refractivity (Wildman–Crippen MR) is 140 cm³/mol. The molecule has 0 bridgehead atoms. The number of carbonyl (C=O) groups is 1. The van der Waals surface area contributed by atoms with Crippen molar-refractivity contribution in [3.63, 3.8) is 0 Å². The van der Waals surface area contributed by atoms with Crippen LogP contribution in [0.15, 0.2) is 78.2 Å². The molecule has 0 amide bonds. The molecular weight excluding hydrogens is 468 g/mol. The number of carbonyl (C=O) groups excluding carboxylic acids is 1. The van der Waals surface area contributed by atoms with Gasteiger partial charge in [-0.15, -0.1) is 0 Å². The van der Waals surface area contributed by atoms with Crippen LogP contribution in [-0.4, -0.2) is 19.2 Å². The second-order valence-corrected chi connectivity index (χ2v) is 9.05. The number of fused-ring (bicyclic) bond motifs is 1. The van der Waals surface area contributed by atoms with Gasteiger partial charge >= 0.3 is 5.97 Å². The van der Waals surface area contributed by atoms with Crippen LogP contribution >= 0.6 is 0 Å². The fraction of sp³-hybridized carbons (Fsp3) is 0.267. The molecule has 3 aromatic carbocycles. The first kappa shape index (κ1) is 25.6. The van der Waals surface area contributed by atoms with E-state index in [4.69, 9.17) is 24.7 Å². The Hall–Kier alpha value is -4.44. The van der Waals surface area contributed by atoms with Gasteiger partial charge in [0, 0.05) is 11.6 Å². The van der Waals surface area contributed by atoms with Gasteiger partial charge in [-0.3, -0.25) is 0 Å². The van der Waals surface area contributed by atoms with Gasteiger partial charge in [-0.05, 0) is 55.2 Å². The summed E-state index contributed by atoms with van der Waals surface area (Å²) in [4.78, 5) is 12.5. The Morgan fingerprint density at radius 1 is 1.05 bits per heavy atom. The van der Waals surface area contributed by atoms with E-state index in [1.807, 2.05) is 31.2 Å². The highest BCUT2D eigenvalue weighted by molar-refractivity contribution is 5.91. The third-order valence-electron chi connectivity index (χ3n) is 5.96. The summed E-state index contributed by atoms with van der Waals surface area (Å²) < 4.78 is 23.2. The fourth-order valence-corrected chi connectivity index (χ4v) is 4.08. The van der Waals surface area contributed by atoms with Crippen LogP contribution in [0.2, 0.25) is 0 Å². The Balaban J connectivity index is 1.67. The molecule has 2 N–H and O–H groups in total. The molecule has 7 nitrogen and oxygen atoms in total. The standard InChI is InChI=1S/C30H30N2O5/c1-4-34-27-16-21(10-13-25(27)35-15-14-19(2)3)28-23-12-11-22(17-26(23)37-29(32)24(28)18-31)36-30(33)20-8-6-5-7-9-20/h5-13,16-17,19,28H,4,14-15,32H2,1-3H3. The molecule has 1 aliphatic rings. The quantitative estimate of drug-likeness (QED) is 0.287. The normalized spacial score (nSPS) is 14.4. The average molecular weight is 499 g/mol. The molecule has 0 aliphatic carbocycles. The fourth-order valence-electron chi connectivity index (χ4n) is 4.08. The summed E-state index contributed by atoms with van der Waals surface area (Å²) in [6, 6.07) is 21.6. The van der Waals surface area contributed by atoms with Gasteiger partial charge in [0.15, 0.2) is 11.5 Å². The van der Waals surface area contributed by atoms with Gasteiger partial charge in [0.25, 0.3) is 0 Å². The number of allylic oxidation sites excluding steroid dienone is 1. The minimum Gasteiger partial charge on any atom is -0.490 e. The van der Waals surface area contributed by atoms with Crippen LogP contribution in [0.25, 0.3) is 0 Å². The van der Waals surface area contributed by atoms with E-state index in [0.717, 1.165) is 17.5 Å². The van der Waals surface area contributed by atoms with Crippen molar-refractivity contribution >= 4 is 5.97 Å². The first-order chi connectivity index (χ1) is 17.9. The summed E-state index contributed by atoms with van der Waals surface area (Å²) in [7, 11) is 0. The van der Waals surface area contributed by atoms with Crippen molar-refractivity contribution in [3.8, 4) is 29.1 Å². The highest BCUT2D eigenvalue weighted by Gasteiger charge is 2.32. The summed E-state index contributed by atoms with van der Waals surface area (Å²) >= 11 is 0. The third kappa shape index (κ3) is 5.87. The molecule has 1 heterocycles. The summed E-state index contributed by atoms with van der Waals surface area (Å²) in [6.45, 7) is 7.25. The molecule has 190 valence electrons. The maximum absolute atomic E-state index is 12.5. The molecule has 7 heteroatoms. The number of nitrogens with two attached hydrogens (primary N) is 1. The van der Waals surface area contributed by atoms with E-state index in [-0.39, 0.29) is 11.5 Å². The van der Waals surface area contributed by atoms with Crippen LogP contribution in [-0.2, 0) is 0 Å². The number of rotatable bonds is 9. The zero-order valence-electron chi connectivity index (χ0n) is 21.2. The maximum atomic E-state index is 12.5. The maximum Gasteiger partial charge on any atom is 0.343 e. The minimum atomic E-state index is -0.489. The number of ether oxygens (including phenoxy) is 4. The molecule has 0 spiro atoms. The van der Waals surface area contributed by atoms with Gasteiger partial charge in [0.1, 0.15) is 23.1 Å². The van der Waals surface area contributed by atoms with Crippen LogP contribution in [0.4, 0.5) is 0 Å². The monoisotopic (exact) mass is 498 g/mol. The predicted octanol–water partition coefficient (Wildman–Crippen LogP) is 5.95.